The number of fused-ring (bicyclic) bond motifs is 1. The van der Waals surface area contributed by atoms with Crippen LogP contribution in [-0.2, 0) is 11.2 Å². The van der Waals surface area contributed by atoms with Gasteiger partial charge in [0.15, 0.2) is 0 Å². The van der Waals surface area contributed by atoms with E-state index >= 15 is 0 Å². The third-order valence-corrected chi connectivity index (χ3v) is 3.72. The second kappa shape index (κ2) is 4.18. The van der Waals surface area contributed by atoms with Gasteiger partial charge >= 0.3 is 0 Å². The Kier molecular flexibility index (Phi) is 2.69. The number of nitrogens with zero attached hydrogens (tertiary/aromatic N) is 2. The minimum atomic E-state index is 0.226. The van der Waals surface area contributed by atoms with Crippen molar-refractivity contribution in [2.24, 2.45) is 0 Å². The van der Waals surface area contributed by atoms with Crippen molar-refractivity contribution in [2.75, 3.05) is 19.8 Å². The third kappa shape index (κ3) is 1.66. The Balaban J connectivity index is 1.89. The van der Waals surface area contributed by atoms with E-state index in [1.807, 2.05) is 0 Å². The van der Waals surface area contributed by atoms with Crippen molar-refractivity contribution in [3.05, 3.63) is 17.7 Å². The summed E-state index contributed by atoms with van der Waals surface area (Å²) in [7, 11) is 0. The van der Waals surface area contributed by atoms with Gasteiger partial charge in [0, 0.05) is 25.1 Å². The molecule has 3 rings (SSSR count). The van der Waals surface area contributed by atoms with Crippen LogP contribution in [0.2, 0.25) is 0 Å². The number of ether oxygens (including phenoxy) is 1. The normalized spacial score (nSPS) is 29.3. The van der Waals surface area contributed by atoms with E-state index in [0.717, 1.165) is 50.4 Å². The van der Waals surface area contributed by atoms with Gasteiger partial charge in [-0.05, 0) is 19.3 Å². The summed E-state index contributed by atoms with van der Waals surface area (Å²) in [6.07, 6.45) is 6.47. The highest BCUT2D eigenvalue weighted by atomic mass is 16.5. The van der Waals surface area contributed by atoms with Gasteiger partial charge in [0.25, 0.3) is 0 Å². The van der Waals surface area contributed by atoms with Crippen LogP contribution >= 0.6 is 0 Å². The van der Waals surface area contributed by atoms with Crippen molar-refractivity contribution < 1.29 is 9.84 Å². The smallest absolute Gasteiger partial charge is 0.109 e. The van der Waals surface area contributed by atoms with E-state index in [1.165, 1.54) is 0 Å². The first-order chi connectivity index (χ1) is 7.88. The van der Waals surface area contributed by atoms with Crippen LogP contribution in [0.1, 0.15) is 42.7 Å². The zero-order valence-electron chi connectivity index (χ0n) is 9.43. The van der Waals surface area contributed by atoms with Gasteiger partial charge in [0.05, 0.1) is 24.9 Å². The van der Waals surface area contributed by atoms with E-state index in [-0.39, 0.29) is 12.6 Å². The van der Waals surface area contributed by atoms with Crippen LogP contribution in [0.15, 0.2) is 6.20 Å². The molecule has 4 nitrogen and oxygen atoms in total. The van der Waals surface area contributed by atoms with Crippen LogP contribution in [0, 0.1) is 0 Å². The summed E-state index contributed by atoms with van der Waals surface area (Å²) in [5.41, 5.74) is 1.16. The standard InChI is InChI=1S/C12H18N2O2/c15-7-10-2-1-3-12-13-11(6-14(10)12)9-4-5-16-8-9/h6,9-10,15H,1-5,7-8H2. The topological polar surface area (TPSA) is 47.3 Å². The minimum absolute atomic E-state index is 0.226. The molecule has 2 aliphatic heterocycles. The molecule has 2 unspecified atom stereocenters. The number of aliphatic hydroxyl groups excluding tert-OH is 1. The van der Waals surface area contributed by atoms with Gasteiger partial charge in [0.1, 0.15) is 5.82 Å². The molecule has 0 spiro atoms. The molecular weight excluding hydrogens is 204 g/mol. The lowest BCUT2D eigenvalue weighted by Crippen LogP contribution is -2.20. The molecule has 16 heavy (non-hydrogen) atoms. The quantitative estimate of drug-likeness (QED) is 0.819. The molecular formula is C12H18N2O2. The zero-order chi connectivity index (χ0) is 11.0. The van der Waals surface area contributed by atoms with Crippen LogP contribution in [0.4, 0.5) is 0 Å². The Bertz CT molecular complexity index is 369. The lowest BCUT2D eigenvalue weighted by molar-refractivity contribution is 0.193. The molecule has 0 aliphatic carbocycles. The van der Waals surface area contributed by atoms with Crippen molar-refractivity contribution in [1.82, 2.24) is 9.55 Å². The molecule has 0 amide bonds. The van der Waals surface area contributed by atoms with E-state index in [2.05, 4.69) is 10.8 Å². The summed E-state index contributed by atoms with van der Waals surface area (Å²) in [6, 6.07) is 0.243. The molecule has 0 bridgehead atoms. The predicted molar refractivity (Wildman–Crippen MR) is 59.5 cm³/mol. The maximum absolute atomic E-state index is 9.34. The Labute approximate surface area is 95.3 Å². The molecule has 88 valence electrons. The molecule has 0 saturated carbocycles. The molecule has 3 heterocycles. The highest BCUT2D eigenvalue weighted by Gasteiger charge is 2.25. The number of hydrogen-bond donors (Lipinski definition) is 1. The Morgan fingerprint density at radius 1 is 1.50 bits per heavy atom. The number of imidazole rings is 1. The SMILES string of the molecule is OCC1CCCc2nc(C3CCOC3)cn21. The van der Waals surface area contributed by atoms with E-state index in [4.69, 9.17) is 9.72 Å². The number of rotatable bonds is 2. The van der Waals surface area contributed by atoms with Gasteiger partial charge < -0.3 is 14.4 Å². The van der Waals surface area contributed by atoms with Crippen molar-refractivity contribution in [1.29, 1.82) is 0 Å². The van der Waals surface area contributed by atoms with Crippen molar-refractivity contribution in [3.8, 4) is 0 Å². The number of aryl methyl sites for hydroxylation is 1. The van der Waals surface area contributed by atoms with Gasteiger partial charge in [-0.2, -0.15) is 0 Å². The fraction of sp³-hybridized carbons (Fsp3) is 0.750. The first-order valence-corrected chi connectivity index (χ1v) is 6.14. The van der Waals surface area contributed by atoms with Crippen molar-refractivity contribution in [2.45, 2.75) is 37.6 Å². The van der Waals surface area contributed by atoms with Crippen LogP contribution in [0.25, 0.3) is 0 Å². The summed E-state index contributed by atoms with van der Waals surface area (Å²) in [4.78, 5) is 4.70. The van der Waals surface area contributed by atoms with Gasteiger partial charge in [-0.3, -0.25) is 0 Å². The summed E-state index contributed by atoms with van der Waals surface area (Å²) < 4.78 is 7.58. The fourth-order valence-corrected chi connectivity index (χ4v) is 2.73. The monoisotopic (exact) mass is 222 g/mol. The van der Waals surface area contributed by atoms with Crippen LogP contribution in [0.5, 0.6) is 0 Å². The van der Waals surface area contributed by atoms with E-state index < -0.39 is 0 Å². The van der Waals surface area contributed by atoms with E-state index in [9.17, 15) is 5.11 Å². The average Bonchev–Trinajstić information content (AvgIpc) is 2.96. The molecule has 2 atom stereocenters. The predicted octanol–water partition coefficient (Wildman–Crippen LogP) is 1.26. The van der Waals surface area contributed by atoms with Gasteiger partial charge in [0.2, 0.25) is 0 Å². The van der Waals surface area contributed by atoms with E-state index in [0.29, 0.717) is 5.92 Å². The van der Waals surface area contributed by atoms with Crippen molar-refractivity contribution in [3.63, 3.8) is 0 Å². The second-order valence-corrected chi connectivity index (χ2v) is 4.78. The summed E-state index contributed by atoms with van der Waals surface area (Å²) >= 11 is 0. The number of aromatic nitrogens is 2. The molecule has 0 radical (unpaired) electrons. The average molecular weight is 222 g/mol. The van der Waals surface area contributed by atoms with Gasteiger partial charge in [-0.25, -0.2) is 4.98 Å². The molecule has 4 heteroatoms. The molecule has 1 aromatic heterocycles. The first-order valence-electron chi connectivity index (χ1n) is 6.14. The van der Waals surface area contributed by atoms with Crippen LogP contribution < -0.4 is 0 Å². The van der Waals surface area contributed by atoms with Crippen LogP contribution in [-0.4, -0.2) is 34.5 Å². The van der Waals surface area contributed by atoms with E-state index in [1.54, 1.807) is 0 Å². The fourth-order valence-electron chi connectivity index (χ4n) is 2.73. The summed E-state index contributed by atoms with van der Waals surface area (Å²) in [5, 5.41) is 9.34. The molecule has 1 N–H and O–H groups in total. The molecule has 1 aromatic rings. The van der Waals surface area contributed by atoms with Gasteiger partial charge in [-0.1, -0.05) is 0 Å². The van der Waals surface area contributed by atoms with Crippen molar-refractivity contribution >= 4 is 0 Å². The lowest BCUT2D eigenvalue weighted by atomic mass is 10.1. The molecule has 1 saturated heterocycles. The Morgan fingerprint density at radius 2 is 2.44 bits per heavy atom. The highest BCUT2D eigenvalue weighted by Crippen LogP contribution is 2.29. The first kappa shape index (κ1) is 10.3. The van der Waals surface area contributed by atoms with Crippen LogP contribution in [0.3, 0.4) is 0 Å². The highest BCUT2D eigenvalue weighted by molar-refractivity contribution is 5.13. The molecule has 2 aliphatic rings. The maximum atomic E-state index is 9.34. The largest absolute Gasteiger partial charge is 0.394 e. The maximum Gasteiger partial charge on any atom is 0.109 e. The summed E-state index contributed by atoms with van der Waals surface area (Å²) in [6.45, 7) is 1.89. The minimum Gasteiger partial charge on any atom is -0.394 e. The molecule has 0 aromatic carbocycles. The summed E-state index contributed by atoms with van der Waals surface area (Å²) in [5.74, 6) is 1.62. The number of hydrogen-bond acceptors (Lipinski definition) is 3. The zero-order valence-corrected chi connectivity index (χ0v) is 9.43. The molecule has 1 fully saturated rings. The van der Waals surface area contributed by atoms with Gasteiger partial charge in [-0.15, -0.1) is 0 Å². The lowest BCUT2D eigenvalue weighted by Gasteiger charge is -2.22. The third-order valence-electron chi connectivity index (χ3n) is 3.72. The number of aliphatic hydroxyl groups is 1. The Morgan fingerprint density at radius 3 is 3.19 bits per heavy atom. The second-order valence-electron chi connectivity index (χ2n) is 4.78. The Hall–Kier alpha value is -0.870.